The van der Waals surface area contributed by atoms with Crippen LogP contribution in [0.15, 0.2) is 6.33 Å². The highest BCUT2D eigenvalue weighted by Gasteiger charge is 2.36. The Morgan fingerprint density at radius 1 is 1.27 bits per heavy atom. The number of nitrogens with zero attached hydrogens (tertiary/aromatic N) is 3. The molecule has 1 aromatic rings. The van der Waals surface area contributed by atoms with Crippen LogP contribution in [0.3, 0.4) is 0 Å². The fourth-order valence-corrected chi connectivity index (χ4v) is 2.52. The predicted molar refractivity (Wildman–Crippen MR) is 60.8 cm³/mol. The molecule has 1 aromatic heterocycles. The molecule has 1 aliphatic carbocycles. The van der Waals surface area contributed by atoms with Gasteiger partial charge in [-0.05, 0) is 33.6 Å². The van der Waals surface area contributed by atoms with E-state index in [1.807, 2.05) is 6.33 Å². The van der Waals surface area contributed by atoms with Crippen molar-refractivity contribution in [1.82, 2.24) is 14.8 Å². The summed E-state index contributed by atoms with van der Waals surface area (Å²) in [6.45, 7) is 8.95. The van der Waals surface area contributed by atoms with Gasteiger partial charge in [-0.3, -0.25) is 0 Å². The molecule has 1 heterocycles. The van der Waals surface area contributed by atoms with E-state index in [2.05, 4.69) is 42.5 Å². The SMILES string of the molecule is CC1(c2nncn2C(C)(C)C)CCCC1. The van der Waals surface area contributed by atoms with E-state index >= 15 is 0 Å². The van der Waals surface area contributed by atoms with Crippen LogP contribution in [-0.4, -0.2) is 14.8 Å². The molecule has 0 amide bonds. The van der Waals surface area contributed by atoms with Crippen molar-refractivity contribution >= 4 is 0 Å². The Bertz CT molecular complexity index is 340. The first-order valence-electron chi connectivity index (χ1n) is 5.84. The highest BCUT2D eigenvalue weighted by Crippen LogP contribution is 2.40. The van der Waals surface area contributed by atoms with Crippen molar-refractivity contribution in [1.29, 1.82) is 0 Å². The van der Waals surface area contributed by atoms with Gasteiger partial charge >= 0.3 is 0 Å². The van der Waals surface area contributed by atoms with Crippen LogP contribution in [0.1, 0.15) is 59.2 Å². The second-order valence-electron chi connectivity index (χ2n) is 5.96. The van der Waals surface area contributed by atoms with Crippen LogP contribution in [-0.2, 0) is 11.0 Å². The summed E-state index contributed by atoms with van der Waals surface area (Å²) in [5.74, 6) is 1.17. The van der Waals surface area contributed by atoms with Crippen molar-refractivity contribution in [2.75, 3.05) is 0 Å². The lowest BCUT2D eigenvalue weighted by Crippen LogP contribution is -2.30. The summed E-state index contributed by atoms with van der Waals surface area (Å²) < 4.78 is 2.23. The van der Waals surface area contributed by atoms with E-state index in [9.17, 15) is 0 Å². The first kappa shape index (κ1) is 10.7. The van der Waals surface area contributed by atoms with Gasteiger partial charge in [-0.2, -0.15) is 0 Å². The molecule has 1 fully saturated rings. The van der Waals surface area contributed by atoms with Crippen LogP contribution >= 0.6 is 0 Å². The third-order valence-electron chi connectivity index (χ3n) is 3.52. The topological polar surface area (TPSA) is 30.7 Å². The molecule has 0 saturated heterocycles. The molecule has 1 aliphatic rings. The Kier molecular flexibility index (Phi) is 2.36. The molecule has 2 rings (SSSR count). The number of rotatable bonds is 1. The predicted octanol–water partition coefficient (Wildman–Crippen LogP) is 2.86. The quantitative estimate of drug-likeness (QED) is 0.709. The fourth-order valence-electron chi connectivity index (χ4n) is 2.52. The van der Waals surface area contributed by atoms with E-state index in [1.54, 1.807) is 0 Å². The molecule has 0 atom stereocenters. The second-order valence-corrected chi connectivity index (χ2v) is 5.96. The summed E-state index contributed by atoms with van der Waals surface area (Å²) in [6, 6.07) is 0. The minimum absolute atomic E-state index is 0.0877. The summed E-state index contributed by atoms with van der Waals surface area (Å²) in [5.41, 5.74) is 0.341. The van der Waals surface area contributed by atoms with E-state index in [0.29, 0.717) is 0 Å². The summed E-state index contributed by atoms with van der Waals surface area (Å²) in [4.78, 5) is 0. The third-order valence-corrected chi connectivity index (χ3v) is 3.52. The fraction of sp³-hybridized carbons (Fsp3) is 0.833. The van der Waals surface area contributed by atoms with Crippen molar-refractivity contribution in [2.24, 2.45) is 0 Å². The Morgan fingerprint density at radius 2 is 1.87 bits per heavy atom. The van der Waals surface area contributed by atoms with E-state index in [4.69, 9.17) is 0 Å². The lowest BCUT2D eigenvalue weighted by atomic mass is 9.87. The van der Waals surface area contributed by atoms with Crippen molar-refractivity contribution in [3.8, 4) is 0 Å². The summed E-state index contributed by atoms with van der Waals surface area (Å²) in [6.07, 6.45) is 7.03. The van der Waals surface area contributed by atoms with Gasteiger partial charge in [0.25, 0.3) is 0 Å². The Balaban J connectivity index is 2.40. The average Bonchev–Trinajstić information content (AvgIpc) is 2.69. The maximum atomic E-state index is 4.35. The van der Waals surface area contributed by atoms with E-state index in [1.165, 1.54) is 31.5 Å². The lowest BCUT2D eigenvalue weighted by molar-refractivity contribution is 0.336. The standard InChI is InChI=1S/C12H21N3/c1-11(2,3)15-9-13-14-10(15)12(4)7-5-6-8-12/h9H,5-8H2,1-4H3. The van der Waals surface area contributed by atoms with Crippen LogP contribution < -0.4 is 0 Å². The van der Waals surface area contributed by atoms with Crippen LogP contribution in [0.2, 0.25) is 0 Å². The molecule has 3 nitrogen and oxygen atoms in total. The molecule has 0 unspecified atom stereocenters. The molecule has 84 valence electrons. The van der Waals surface area contributed by atoms with Gasteiger partial charge in [0.1, 0.15) is 12.2 Å². The summed E-state index contributed by atoms with van der Waals surface area (Å²) >= 11 is 0. The molecule has 15 heavy (non-hydrogen) atoms. The molecule has 1 saturated carbocycles. The Labute approximate surface area is 91.9 Å². The first-order valence-corrected chi connectivity index (χ1v) is 5.84. The van der Waals surface area contributed by atoms with Crippen molar-refractivity contribution in [3.63, 3.8) is 0 Å². The third kappa shape index (κ3) is 1.80. The smallest absolute Gasteiger partial charge is 0.139 e. The molecular formula is C12H21N3. The Morgan fingerprint density at radius 3 is 2.40 bits per heavy atom. The number of aromatic nitrogens is 3. The zero-order valence-corrected chi connectivity index (χ0v) is 10.2. The van der Waals surface area contributed by atoms with Crippen molar-refractivity contribution in [2.45, 2.75) is 64.3 Å². The van der Waals surface area contributed by atoms with Gasteiger partial charge in [0.2, 0.25) is 0 Å². The van der Waals surface area contributed by atoms with Gasteiger partial charge < -0.3 is 4.57 Å². The highest BCUT2D eigenvalue weighted by molar-refractivity contribution is 5.10. The monoisotopic (exact) mass is 207 g/mol. The maximum absolute atomic E-state index is 4.35. The van der Waals surface area contributed by atoms with Crippen LogP contribution in [0.25, 0.3) is 0 Å². The van der Waals surface area contributed by atoms with Gasteiger partial charge in [0, 0.05) is 11.0 Å². The minimum Gasteiger partial charge on any atom is -0.312 e. The molecule has 0 bridgehead atoms. The maximum Gasteiger partial charge on any atom is 0.139 e. The van der Waals surface area contributed by atoms with Gasteiger partial charge in [0.15, 0.2) is 0 Å². The zero-order valence-electron chi connectivity index (χ0n) is 10.2. The van der Waals surface area contributed by atoms with Crippen LogP contribution in [0.4, 0.5) is 0 Å². The normalized spacial score (nSPS) is 20.8. The lowest BCUT2D eigenvalue weighted by Gasteiger charge is -2.29. The van der Waals surface area contributed by atoms with Crippen LogP contribution in [0, 0.1) is 0 Å². The van der Waals surface area contributed by atoms with E-state index in [-0.39, 0.29) is 11.0 Å². The van der Waals surface area contributed by atoms with Crippen LogP contribution in [0.5, 0.6) is 0 Å². The molecule has 0 spiro atoms. The molecular weight excluding hydrogens is 186 g/mol. The van der Waals surface area contributed by atoms with Gasteiger partial charge in [-0.1, -0.05) is 19.8 Å². The highest BCUT2D eigenvalue weighted by atomic mass is 15.3. The number of hydrogen-bond acceptors (Lipinski definition) is 2. The van der Waals surface area contributed by atoms with E-state index in [0.717, 1.165) is 0 Å². The number of hydrogen-bond donors (Lipinski definition) is 0. The molecule has 0 aliphatic heterocycles. The largest absolute Gasteiger partial charge is 0.312 e. The van der Waals surface area contributed by atoms with Gasteiger partial charge in [-0.25, -0.2) is 0 Å². The minimum atomic E-state index is 0.0877. The average molecular weight is 207 g/mol. The molecule has 3 heteroatoms. The van der Waals surface area contributed by atoms with Gasteiger partial charge in [0.05, 0.1) is 0 Å². The molecule has 0 N–H and O–H groups in total. The Hall–Kier alpha value is -0.860. The molecule has 0 radical (unpaired) electrons. The summed E-state index contributed by atoms with van der Waals surface area (Å²) in [5, 5.41) is 8.44. The first-order chi connectivity index (χ1) is 6.93. The summed E-state index contributed by atoms with van der Waals surface area (Å²) in [7, 11) is 0. The van der Waals surface area contributed by atoms with E-state index < -0.39 is 0 Å². The van der Waals surface area contributed by atoms with Gasteiger partial charge in [-0.15, -0.1) is 10.2 Å². The van der Waals surface area contributed by atoms with Crippen molar-refractivity contribution in [3.05, 3.63) is 12.2 Å². The second kappa shape index (κ2) is 3.32. The molecule has 0 aromatic carbocycles. The zero-order chi connectivity index (χ0) is 11.1. The van der Waals surface area contributed by atoms with Crippen molar-refractivity contribution < 1.29 is 0 Å².